The van der Waals surface area contributed by atoms with Gasteiger partial charge in [-0.25, -0.2) is 0 Å². The van der Waals surface area contributed by atoms with Gasteiger partial charge in [-0.15, -0.1) is 0 Å². The summed E-state index contributed by atoms with van der Waals surface area (Å²) in [5.74, 6) is 0.785. The number of rotatable bonds is 5. The van der Waals surface area contributed by atoms with Crippen molar-refractivity contribution in [1.29, 1.82) is 0 Å². The maximum Gasteiger partial charge on any atom is 0.0225 e. The molecule has 0 amide bonds. The second-order valence-electron chi connectivity index (χ2n) is 4.91. The maximum atomic E-state index is 5.90. The third-order valence-corrected chi connectivity index (χ3v) is 1.77. The summed E-state index contributed by atoms with van der Waals surface area (Å²) in [5.41, 5.74) is 5.84. The van der Waals surface area contributed by atoms with Crippen LogP contribution < -0.4 is 5.73 Å². The fourth-order valence-corrected chi connectivity index (χ4v) is 1.25. The molecule has 0 aromatic heterocycles. The van der Waals surface area contributed by atoms with E-state index >= 15 is 0 Å². The van der Waals surface area contributed by atoms with E-state index in [9.17, 15) is 0 Å². The van der Waals surface area contributed by atoms with Crippen LogP contribution in [-0.2, 0) is 0 Å². The average molecular weight is 172 g/mol. The largest absolute Gasteiger partial charge is 0.324 e. The predicted molar refractivity (Wildman–Crippen MR) is 55.2 cm³/mol. The molecule has 0 aromatic carbocycles. The lowest BCUT2D eigenvalue weighted by atomic mass is 10.1. The second kappa shape index (κ2) is 4.83. The highest BCUT2D eigenvalue weighted by Crippen LogP contribution is 2.04. The van der Waals surface area contributed by atoms with Crippen LogP contribution >= 0.6 is 0 Å². The van der Waals surface area contributed by atoms with Gasteiger partial charge in [-0.3, -0.25) is 0 Å². The lowest BCUT2D eigenvalue weighted by Gasteiger charge is -2.26. The number of hydrogen-bond donors (Lipinski definition) is 1. The fraction of sp³-hybridized carbons (Fsp3) is 1.00. The van der Waals surface area contributed by atoms with Crippen LogP contribution in [0.15, 0.2) is 0 Å². The molecule has 12 heavy (non-hydrogen) atoms. The third kappa shape index (κ3) is 8.02. The Morgan fingerprint density at radius 2 is 1.83 bits per heavy atom. The SMILES string of the molecule is CC(C)CCN(C)CC(C)(C)N. The van der Waals surface area contributed by atoms with E-state index in [0.717, 1.165) is 19.0 Å². The first-order chi connectivity index (χ1) is 5.31. The van der Waals surface area contributed by atoms with Crippen molar-refractivity contribution in [2.45, 2.75) is 39.7 Å². The van der Waals surface area contributed by atoms with Crippen LogP contribution in [0.3, 0.4) is 0 Å². The van der Waals surface area contributed by atoms with Crippen LogP contribution in [0.1, 0.15) is 34.1 Å². The topological polar surface area (TPSA) is 29.3 Å². The van der Waals surface area contributed by atoms with Crippen LogP contribution in [-0.4, -0.2) is 30.6 Å². The zero-order valence-corrected chi connectivity index (χ0v) is 9.22. The Balaban J connectivity index is 3.53. The van der Waals surface area contributed by atoms with Crippen molar-refractivity contribution in [3.8, 4) is 0 Å². The lowest BCUT2D eigenvalue weighted by molar-refractivity contribution is 0.256. The van der Waals surface area contributed by atoms with E-state index in [0.29, 0.717) is 0 Å². The molecule has 0 radical (unpaired) electrons. The van der Waals surface area contributed by atoms with E-state index < -0.39 is 0 Å². The monoisotopic (exact) mass is 172 g/mol. The summed E-state index contributed by atoms with van der Waals surface area (Å²) in [6.45, 7) is 10.8. The normalized spacial score (nSPS) is 13.0. The molecule has 0 bridgehead atoms. The smallest absolute Gasteiger partial charge is 0.0225 e. The van der Waals surface area contributed by atoms with Gasteiger partial charge in [0, 0.05) is 12.1 Å². The predicted octanol–water partition coefficient (Wildman–Crippen LogP) is 1.70. The molecule has 0 unspecified atom stereocenters. The Hall–Kier alpha value is -0.0800. The van der Waals surface area contributed by atoms with Gasteiger partial charge in [0.25, 0.3) is 0 Å². The van der Waals surface area contributed by atoms with E-state index in [1.807, 2.05) is 0 Å². The van der Waals surface area contributed by atoms with E-state index in [1.54, 1.807) is 0 Å². The summed E-state index contributed by atoms with van der Waals surface area (Å²) in [7, 11) is 2.14. The number of hydrogen-bond acceptors (Lipinski definition) is 2. The molecule has 0 aliphatic heterocycles. The molecule has 0 heterocycles. The van der Waals surface area contributed by atoms with Gasteiger partial charge in [-0.2, -0.15) is 0 Å². The molecule has 0 saturated carbocycles. The summed E-state index contributed by atoms with van der Waals surface area (Å²) in [6, 6.07) is 0. The van der Waals surface area contributed by atoms with E-state index in [-0.39, 0.29) is 5.54 Å². The Morgan fingerprint density at radius 1 is 1.33 bits per heavy atom. The Labute approximate surface area is 77.1 Å². The van der Waals surface area contributed by atoms with Crippen LogP contribution in [0.2, 0.25) is 0 Å². The van der Waals surface area contributed by atoms with Crippen molar-refractivity contribution < 1.29 is 0 Å². The average Bonchev–Trinajstić information content (AvgIpc) is 1.79. The molecule has 2 heteroatoms. The molecule has 0 aliphatic carbocycles. The van der Waals surface area contributed by atoms with E-state index in [1.165, 1.54) is 6.42 Å². The molecule has 0 saturated heterocycles. The van der Waals surface area contributed by atoms with Crippen molar-refractivity contribution in [3.63, 3.8) is 0 Å². The van der Waals surface area contributed by atoms with E-state index in [2.05, 4.69) is 39.6 Å². The Bertz CT molecular complexity index is 113. The van der Waals surface area contributed by atoms with Crippen LogP contribution in [0.4, 0.5) is 0 Å². The minimum atomic E-state index is -0.0638. The van der Waals surface area contributed by atoms with Gasteiger partial charge in [0.1, 0.15) is 0 Å². The molecule has 2 N–H and O–H groups in total. The van der Waals surface area contributed by atoms with E-state index in [4.69, 9.17) is 5.73 Å². The quantitative estimate of drug-likeness (QED) is 0.684. The summed E-state index contributed by atoms with van der Waals surface area (Å²) in [6.07, 6.45) is 1.26. The maximum absolute atomic E-state index is 5.90. The number of nitrogens with two attached hydrogens (primary N) is 1. The minimum absolute atomic E-state index is 0.0638. The molecule has 74 valence electrons. The highest BCUT2D eigenvalue weighted by atomic mass is 15.1. The van der Waals surface area contributed by atoms with Gasteiger partial charge in [0.2, 0.25) is 0 Å². The number of nitrogens with zero attached hydrogens (tertiary/aromatic N) is 1. The van der Waals surface area contributed by atoms with Gasteiger partial charge in [0.15, 0.2) is 0 Å². The standard InChI is InChI=1S/C10H24N2/c1-9(2)6-7-12(5)8-10(3,4)11/h9H,6-8,11H2,1-5H3. The van der Waals surface area contributed by atoms with Gasteiger partial charge >= 0.3 is 0 Å². The molecule has 0 spiro atoms. The van der Waals surface area contributed by atoms with Crippen molar-refractivity contribution in [2.75, 3.05) is 20.1 Å². The molecular formula is C10H24N2. The molecule has 0 rings (SSSR count). The summed E-state index contributed by atoms with van der Waals surface area (Å²) in [4.78, 5) is 2.31. The molecular weight excluding hydrogens is 148 g/mol. The van der Waals surface area contributed by atoms with Crippen molar-refractivity contribution >= 4 is 0 Å². The fourth-order valence-electron chi connectivity index (χ4n) is 1.25. The highest BCUT2D eigenvalue weighted by molar-refractivity contribution is 4.75. The summed E-state index contributed by atoms with van der Waals surface area (Å²) >= 11 is 0. The Morgan fingerprint density at radius 3 is 2.17 bits per heavy atom. The first-order valence-electron chi connectivity index (χ1n) is 4.78. The zero-order chi connectivity index (χ0) is 9.78. The van der Waals surface area contributed by atoms with Gasteiger partial charge in [-0.05, 0) is 39.8 Å². The lowest BCUT2D eigenvalue weighted by Crippen LogP contribution is -2.44. The van der Waals surface area contributed by atoms with Crippen LogP contribution in [0.25, 0.3) is 0 Å². The number of likely N-dealkylation sites (N-methyl/N-ethyl adjacent to an activating group) is 1. The first-order valence-corrected chi connectivity index (χ1v) is 4.78. The van der Waals surface area contributed by atoms with Gasteiger partial charge in [0.05, 0.1) is 0 Å². The van der Waals surface area contributed by atoms with Crippen LogP contribution in [0.5, 0.6) is 0 Å². The Kier molecular flexibility index (Phi) is 4.80. The van der Waals surface area contributed by atoms with Crippen molar-refractivity contribution in [3.05, 3.63) is 0 Å². The molecule has 0 fully saturated rings. The second-order valence-corrected chi connectivity index (χ2v) is 4.91. The zero-order valence-electron chi connectivity index (χ0n) is 9.22. The molecule has 0 atom stereocenters. The van der Waals surface area contributed by atoms with Gasteiger partial charge in [-0.1, -0.05) is 13.8 Å². The minimum Gasteiger partial charge on any atom is -0.324 e. The van der Waals surface area contributed by atoms with Crippen molar-refractivity contribution in [1.82, 2.24) is 4.90 Å². The third-order valence-electron chi connectivity index (χ3n) is 1.77. The first kappa shape index (κ1) is 11.9. The summed E-state index contributed by atoms with van der Waals surface area (Å²) in [5, 5.41) is 0. The highest BCUT2D eigenvalue weighted by Gasteiger charge is 2.13. The molecule has 2 nitrogen and oxygen atoms in total. The van der Waals surface area contributed by atoms with Crippen LogP contribution in [0, 0.1) is 5.92 Å². The molecule has 0 aromatic rings. The summed E-state index contributed by atoms with van der Waals surface area (Å²) < 4.78 is 0. The van der Waals surface area contributed by atoms with Gasteiger partial charge < -0.3 is 10.6 Å². The van der Waals surface area contributed by atoms with Crippen molar-refractivity contribution in [2.24, 2.45) is 11.7 Å². The molecule has 0 aliphatic rings.